The molecule has 6 heterocycles. The molecule has 0 saturated heterocycles. The Morgan fingerprint density at radius 1 is 0.686 bits per heavy atom. The summed E-state index contributed by atoms with van der Waals surface area (Å²) < 4.78 is 2.16. The van der Waals surface area contributed by atoms with E-state index in [1.165, 1.54) is 0 Å². The van der Waals surface area contributed by atoms with Gasteiger partial charge in [0, 0.05) is 29.5 Å². The molecule has 0 amide bonds. The van der Waals surface area contributed by atoms with E-state index in [9.17, 15) is 0 Å². The monoisotopic (exact) mass is 1010 g/mol. The van der Waals surface area contributed by atoms with Gasteiger partial charge in [-0.25, -0.2) is 15.0 Å². The van der Waals surface area contributed by atoms with Gasteiger partial charge >= 0.3 is 39.0 Å². The average molecular weight is 1010 g/mol. The van der Waals surface area contributed by atoms with Crippen LogP contribution in [-0.2, 0) is 46.0 Å². The molecule has 1 aromatic heterocycles. The van der Waals surface area contributed by atoms with Gasteiger partial charge in [-0.2, -0.15) is 0 Å². The second-order valence-corrected chi connectivity index (χ2v) is 7.25. The number of allylic oxidation sites excluding steroid dienone is 5. The second kappa shape index (κ2) is 14.9. The molecule has 0 unspecified atom stereocenters. The van der Waals surface area contributed by atoms with E-state index in [-0.39, 0.29) is 135 Å². The van der Waals surface area contributed by atoms with Gasteiger partial charge in [-0.3, -0.25) is 0 Å². The number of H-pyrrole nitrogens is 1. The van der Waals surface area contributed by atoms with E-state index in [2.05, 4.69) is 46.9 Å². The number of hydrogen-bond donors (Lipinski definition) is 1. The molecule has 1 N–H and O–H groups in total. The Morgan fingerprint density at radius 2 is 1.29 bits per heavy atom. The van der Waals surface area contributed by atoms with Crippen LogP contribution < -0.4 is 107 Å². The molecule has 0 radical (unpaired) electrons. The number of halogens is 4. The van der Waals surface area contributed by atoms with Gasteiger partial charge < -0.3 is 105 Å². The molecular formula is C24H17I4N5Zn2. The van der Waals surface area contributed by atoms with Crippen molar-refractivity contribution in [3.05, 3.63) is 94.3 Å². The first-order chi connectivity index (χ1) is 14.2. The van der Waals surface area contributed by atoms with Gasteiger partial charge in [0.15, 0.2) is 0 Å². The first-order valence-electron chi connectivity index (χ1n) is 9.52. The third-order valence-corrected chi connectivity index (χ3v) is 5.36. The van der Waals surface area contributed by atoms with Crippen LogP contribution in [0.5, 0.6) is 0 Å². The van der Waals surface area contributed by atoms with E-state index in [0.717, 1.165) is 56.2 Å². The van der Waals surface area contributed by atoms with Crippen molar-refractivity contribution in [2.45, 2.75) is 0 Å². The Hall–Kier alpha value is 0.177. The minimum atomic E-state index is 0. The summed E-state index contributed by atoms with van der Waals surface area (Å²) >= 11 is 0. The summed E-state index contributed by atoms with van der Waals surface area (Å²) in [4.78, 5) is 17.7. The van der Waals surface area contributed by atoms with E-state index in [1.54, 1.807) is 0 Å². The molecule has 6 rings (SSSR count). The predicted octanol–water partition coefficient (Wildman–Crippen LogP) is -9.27. The van der Waals surface area contributed by atoms with Crippen LogP contribution in [0, 0.1) is 0 Å². The van der Waals surface area contributed by atoms with E-state index < -0.39 is 0 Å². The van der Waals surface area contributed by atoms with Crippen molar-refractivity contribution in [2.24, 2.45) is 17.0 Å². The Kier molecular flexibility index (Phi) is 15.0. The van der Waals surface area contributed by atoms with Gasteiger partial charge in [0.2, 0.25) is 0 Å². The van der Waals surface area contributed by atoms with Gasteiger partial charge in [0.05, 0.1) is 39.9 Å². The first kappa shape index (κ1) is 35.2. The SMILES string of the molecule is Cn1c2ccc1=Cc1nc(c3[nH]cccc1-3)C=C1C=CC(=N1)C=C1C=CC(=N1)C=2.[I-].[I-].[I-].[I-].[Zn+2].[Zn+2]. The first-order valence-corrected chi connectivity index (χ1v) is 9.52. The molecular weight excluding hydrogens is 997 g/mol. The number of fused-ring (bicyclic) bond motifs is 9. The van der Waals surface area contributed by atoms with Gasteiger partial charge in [-0.05, 0) is 72.9 Å². The summed E-state index contributed by atoms with van der Waals surface area (Å²) in [6.07, 6.45) is 18.2. The number of pyridine rings is 1. The van der Waals surface area contributed by atoms with Crippen molar-refractivity contribution in [3.8, 4) is 11.3 Å². The summed E-state index contributed by atoms with van der Waals surface area (Å²) in [6, 6.07) is 8.32. The molecule has 8 bridgehead atoms. The van der Waals surface area contributed by atoms with Gasteiger partial charge in [-0.1, -0.05) is 0 Å². The second-order valence-electron chi connectivity index (χ2n) is 7.25. The molecule has 35 heavy (non-hydrogen) atoms. The Bertz CT molecular complexity index is 1480. The van der Waals surface area contributed by atoms with E-state index in [4.69, 9.17) is 15.0 Å². The number of nitrogens with zero attached hydrogens (tertiary/aromatic N) is 4. The molecule has 5 aliphatic rings. The maximum absolute atomic E-state index is 4.91. The van der Waals surface area contributed by atoms with E-state index in [1.807, 2.05) is 48.7 Å². The molecule has 1 aromatic rings. The fraction of sp³-hybridized carbons (Fsp3) is 0.0417. The minimum Gasteiger partial charge on any atom is -1.00 e. The Labute approximate surface area is 297 Å². The number of aromatic amines is 1. The van der Waals surface area contributed by atoms with Gasteiger partial charge in [-0.15, -0.1) is 0 Å². The standard InChI is InChI=1S/C24H17N5.4HI.2Zn/c1-29-19-8-9-20(29)14-22-21-3-2-10-25-24(21)23(28-22)13-18-7-5-16(27-18)11-15-4-6-17(12-19)26-15;;;;;;/h2-14,25H,1H3;4*1H;;/q;;;;;2*+2/p-4. The number of aliphatic imine (C=N–C) groups is 2. The van der Waals surface area contributed by atoms with Crippen molar-refractivity contribution < 1.29 is 135 Å². The normalized spacial score (nSPS) is 14.0. The van der Waals surface area contributed by atoms with E-state index in [0.29, 0.717) is 0 Å². The number of rotatable bonds is 0. The van der Waals surface area contributed by atoms with Crippen LogP contribution in [0.4, 0.5) is 0 Å². The fourth-order valence-corrected chi connectivity index (χ4v) is 3.85. The number of aromatic nitrogens is 3. The number of hydrogen-bond acceptors (Lipinski definition) is 3. The van der Waals surface area contributed by atoms with Crippen LogP contribution in [-0.4, -0.2) is 26.0 Å². The van der Waals surface area contributed by atoms with Crippen molar-refractivity contribution in [2.75, 3.05) is 0 Å². The predicted molar refractivity (Wildman–Crippen MR) is 117 cm³/mol. The summed E-state index contributed by atoms with van der Waals surface area (Å²) in [5.41, 5.74) is 7.54. The molecule has 5 aliphatic heterocycles. The molecule has 0 aromatic carbocycles. The summed E-state index contributed by atoms with van der Waals surface area (Å²) in [7, 11) is 2.07. The summed E-state index contributed by atoms with van der Waals surface area (Å²) in [6.45, 7) is 0. The quantitative estimate of drug-likeness (QED) is 0.177. The molecule has 5 nitrogen and oxygen atoms in total. The van der Waals surface area contributed by atoms with Crippen LogP contribution in [0.25, 0.3) is 29.5 Å². The molecule has 0 spiro atoms. The third-order valence-electron chi connectivity index (χ3n) is 5.36. The van der Waals surface area contributed by atoms with E-state index >= 15 is 0 Å². The molecule has 0 fully saturated rings. The van der Waals surface area contributed by atoms with Crippen LogP contribution in [0.15, 0.2) is 82.2 Å². The third kappa shape index (κ3) is 7.19. The smallest absolute Gasteiger partial charge is 1.00 e. The van der Waals surface area contributed by atoms with Crippen molar-refractivity contribution >= 4 is 29.7 Å². The zero-order valence-electron chi connectivity index (χ0n) is 18.7. The molecule has 170 valence electrons. The maximum Gasteiger partial charge on any atom is 2.00 e. The summed E-state index contributed by atoms with van der Waals surface area (Å²) in [5.74, 6) is 0. The Balaban J connectivity index is 0.00000193. The zero-order valence-corrected chi connectivity index (χ0v) is 33.3. The van der Waals surface area contributed by atoms with Gasteiger partial charge in [0.25, 0.3) is 0 Å². The van der Waals surface area contributed by atoms with Crippen LogP contribution in [0.1, 0.15) is 11.4 Å². The summed E-state index contributed by atoms with van der Waals surface area (Å²) in [5, 5.41) is 2.18. The molecule has 0 saturated carbocycles. The van der Waals surface area contributed by atoms with Crippen molar-refractivity contribution in [1.29, 1.82) is 0 Å². The molecule has 0 atom stereocenters. The molecule has 11 heteroatoms. The van der Waals surface area contributed by atoms with Gasteiger partial charge in [0.1, 0.15) is 0 Å². The minimum absolute atomic E-state index is 0. The van der Waals surface area contributed by atoms with Crippen molar-refractivity contribution in [3.63, 3.8) is 0 Å². The largest absolute Gasteiger partial charge is 2.00 e. The fourth-order valence-electron chi connectivity index (χ4n) is 3.85. The zero-order chi connectivity index (χ0) is 19.4. The maximum atomic E-state index is 4.91. The van der Waals surface area contributed by atoms with Crippen LogP contribution in [0.3, 0.4) is 0 Å². The molecule has 0 aliphatic carbocycles. The topological polar surface area (TPSA) is 58.3 Å². The average Bonchev–Trinajstić information content (AvgIpc) is 3.49. The van der Waals surface area contributed by atoms with Crippen LogP contribution >= 0.6 is 0 Å². The van der Waals surface area contributed by atoms with Crippen LogP contribution in [0.2, 0.25) is 0 Å². The Morgan fingerprint density at radius 3 is 1.97 bits per heavy atom. The number of nitrogens with one attached hydrogen (secondary N) is 1. The van der Waals surface area contributed by atoms with Crippen molar-refractivity contribution in [1.82, 2.24) is 14.5 Å².